The number of rotatable bonds is 8. The van der Waals surface area contributed by atoms with E-state index in [9.17, 15) is 0 Å². The standard InChI is InChI=1S/C24H35N5O2/c1-18-10-13-29(14-11-18)23-8-6-20(16-27-23)17-28-24(25-2)26-12-9-19-5-7-21(30-3)22(15-19)31-4/h5-8,15-16,18H,9-14,17H2,1-4H3,(H2,25,26,28). The van der Waals surface area contributed by atoms with Crippen LogP contribution in [0.25, 0.3) is 0 Å². The molecule has 1 aliphatic rings. The van der Waals surface area contributed by atoms with Crippen LogP contribution >= 0.6 is 0 Å². The van der Waals surface area contributed by atoms with Gasteiger partial charge in [0.15, 0.2) is 17.5 Å². The summed E-state index contributed by atoms with van der Waals surface area (Å²) in [5, 5.41) is 6.72. The van der Waals surface area contributed by atoms with Crippen molar-refractivity contribution in [3.05, 3.63) is 47.7 Å². The van der Waals surface area contributed by atoms with Crippen LogP contribution in [0.15, 0.2) is 41.5 Å². The van der Waals surface area contributed by atoms with Crippen LogP contribution in [0.4, 0.5) is 5.82 Å². The molecule has 7 nitrogen and oxygen atoms in total. The number of anilines is 1. The van der Waals surface area contributed by atoms with Gasteiger partial charge in [-0.05, 0) is 54.5 Å². The maximum Gasteiger partial charge on any atom is 0.191 e. The van der Waals surface area contributed by atoms with Gasteiger partial charge in [-0.3, -0.25) is 4.99 Å². The van der Waals surface area contributed by atoms with Crippen molar-refractivity contribution in [3.63, 3.8) is 0 Å². The highest BCUT2D eigenvalue weighted by Crippen LogP contribution is 2.27. The number of aliphatic imine (C=N–C) groups is 1. The van der Waals surface area contributed by atoms with Crippen LogP contribution in [0.1, 0.15) is 30.9 Å². The molecule has 168 valence electrons. The van der Waals surface area contributed by atoms with E-state index in [0.717, 1.165) is 60.8 Å². The number of methoxy groups -OCH3 is 2. The SMILES string of the molecule is CN=C(NCCc1ccc(OC)c(OC)c1)NCc1ccc(N2CCC(C)CC2)nc1. The quantitative estimate of drug-likeness (QED) is 0.500. The molecule has 7 heteroatoms. The Labute approximate surface area is 185 Å². The van der Waals surface area contributed by atoms with Gasteiger partial charge >= 0.3 is 0 Å². The third-order valence-electron chi connectivity index (χ3n) is 5.75. The van der Waals surface area contributed by atoms with Gasteiger partial charge < -0.3 is 25.0 Å². The van der Waals surface area contributed by atoms with Crippen LogP contribution in [-0.4, -0.2) is 51.8 Å². The van der Waals surface area contributed by atoms with Crippen molar-refractivity contribution in [2.75, 3.05) is 45.8 Å². The third kappa shape index (κ3) is 6.51. The zero-order valence-electron chi connectivity index (χ0n) is 19.1. The predicted molar refractivity (Wildman–Crippen MR) is 126 cm³/mol. The number of piperidine rings is 1. The predicted octanol–water partition coefficient (Wildman–Crippen LogP) is 3.24. The first-order valence-corrected chi connectivity index (χ1v) is 11.0. The molecule has 0 atom stereocenters. The molecular weight excluding hydrogens is 390 g/mol. The van der Waals surface area contributed by atoms with Crippen molar-refractivity contribution in [1.29, 1.82) is 0 Å². The molecule has 0 bridgehead atoms. The van der Waals surface area contributed by atoms with Gasteiger partial charge in [0.1, 0.15) is 5.82 Å². The van der Waals surface area contributed by atoms with E-state index in [-0.39, 0.29) is 0 Å². The van der Waals surface area contributed by atoms with E-state index in [1.165, 1.54) is 18.4 Å². The molecule has 1 fully saturated rings. The molecule has 31 heavy (non-hydrogen) atoms. The first-order chi connectivity index (χ1) is 15.1. The molecule has 2 heterocycles. The second kappa shape index (κ2) is 11.4. The number of hydrogen-bond donors (Lipinski definition) is 2. The van der Waals surface area contributed by atoms with Crippen LogP contribution in [0.3, 0.4) is 0 Å². The molecule has 0 saturated carbocycles. The van der Waals surface area contributed by atoms with Crippen LogP contribution < -0.4 is 25.0 Å². The molecular formula is C24H35N5O2. The molecule has 1 aromatic carbocycles. The van der Waals surface area contributed by atoms with Gasteiger partial charge in [0.25, 0.3) is 0 Å². The molecule has 1 aromatic heterocycles. The minimum atomic E-state index is 0.681. The number of nitrogens with one attached hydrogen (secondary N) is 2. The summed E-state index contributed by atoms with van der Waals surface area (Å²) in [7, 11) is 5.08. The Hall–Kier alpha value is -2.96. The number of pyridine rings is 1. The molecule has 0 amide bonds. The molecule has 2 aromatic rings. The second-order valence-corrected chi connectivity index (χ2v) is 7.99. The van der Waals surface area contributed by atoms with Crippen LogP contribution in [0, 0.1) is 5.92 Å². The Morgan fingerprint density at radius 3 is 2.45 bits per heavy atom. The lowest BCUT2D eigenvalue weighted by molar-refractivity contribution is 0.354. The highest BCUT2D eigenvalue weighted by Gasteiger charge is 2.16. The smallest absolute Gasteiger partial charge is 0.191 e. The van der Waals surface area contributed by atoms with E-state index in [0.29, 0.717) is 6.54 Å². The second-order valence-electron chi connectivity index (χ2n) is 7.99. The van der Waals surface area contributed by atoms with E-state index >= 15 is 0 Å². The minimum Gasteiger partial charge on any atom is -0.493 e. The number of nitrogens with zero attached hydrogens (tertiary/aromatic N) is 3. The van der Waals surface area contributed by atoms with E-state index in [1.807, 2.05) is 18.3 Å². The monoisotopic (exact) mass is 425 g/mol. The Bertz CT molecular complexity index is 846. The van der Waals surface area contributed by atoms with Crippen molar-refractivity contribution in [2.45, 2.75) is 32.7 Å². The van der Waals surface area contributed by atoms with Gasteiger partial charge in [0, 0.05) is 39.4 Å². The van der Waals surface area contributed by atoms with Gasteiger partial charge in [-0.25, -0.2) is 4.98 Å². The molecule has 1 aliphatic heterocycles. The van der Waals surface area contributed by atoms with Gasteiger partial charge in [-0.1, -0.05) is 19.1 Å². The Kier molecular flexibility index (Phi) is 8.38. The number of hydrogen-bond acceptors (Lipinski definition) is 5. The summed E-state index contributed by atoms with van der Waals surface area (Å²) in [4.78, 5) is 11.4. The normalized spacial score (nSPS) is 15.0. The van der Waals surface area contributed by atoms with Crippen LogP contribution in [0.5, 0.6) is 11.5 Å². The van der Waals surface area contributed by atoms with Crippen molar-refractivity contribution in [1.82, 2.24) is 15.6 Å². The van der Waals surface area contributed by atoms with Gasteiger partial charge in [-0.15, -0.1) is 0 Å². The van der Waals surface area contributed by atoms with Crippen LogP contribution in [0.2, 0.25) is 0 Å². The molecule has 3 rings (SSSR count). The molecule has 1 saturated heterocycles. The van der Waals surface area contributed by atoms with Gasteiger partial charge in [-0.2, -0.15) is 0 Å². The van der Waals surface area contributed by atoms with E-state index in [2.05, 4.69) is 50.6 Å². The number of guanidine groups is 1. The summed E-state index contributed by atoms with van der Waals surface area (Å²) in [6, 6.07) is 10.3. The average Bonchev–Trinajstić information content (AvgIpc) is 2.82. The van der Waals surface area contributed by atoms with E-state index < -0.39 is 0 Å². The summed E-state index contributed by atoms with van der Waals surface area (Å²) >= 11 is 0. The largest absolute Gasteiger partial charge is 0.493 e. The maximum absolute atomic E-state index is 5.37. The van der Waals surface area contributed by atoms with Crippen molar-refractivity contribution in [3.8, 4) is 11.5 Å². The first-order valence-electron chi connectivity index (χ1n) is 11.0. The fourth-order valence-corrected chi connectivity index (χ4v) is 3.71. The first kappa shape index (κ1) is 22.7. The lowest BCUT2D eigenvalue weighted by Gasteiger charge is -2.31. The summed E-state index contributed by atoms with van der Waals surface area (Å²) in [5.41, 5.74) is 2.31. The van der Waals surface area contributed by atoms with E-state index in [4.69, 9.17) is 9.47 Å². The number of aromatic nitrogens is 1. The minimum absolute atomic E-state index is 0.681. The Balaban J connectivity index is 1.44. The fourth-order valence-electron chi connectivity index (χ4n) is 3.71. The highest BCUT2D eigenvalue weighted by atomic mass is 16.5. The molecule has 2 N–H and O–H groups in total. The van der Waals surface area contributed by atoms with Gasteiger partial charge in [0.2, 0.25) is 0 Å². The number of benzene rings is 1. The maximum atomic E-state index is 5.37. The van der Waals surface area contributed by atoms with Crippen molar-refractivity contribution < 1.29 is 9.47 Å². The molecule has 0 spiro atoms. The summed E-state index contributed by atoms with van der Waals surface area (Å²) < 4.78 is 10.7. The summed E-state index contributed by atoms with van der Waals surface area (Å²) in [5.74, 6) is 4.16. The lowest BCUT2D eigenvalue weighted by Crippen LogP contribution is -2.38. The average molecular weight is 426 g/mol. The zero-order chi connectivity index (χ0) is 22.1. The topological polar surface area (TPSA) is 71.0 Å². The highest BCUT2D eigenvalue weighted by molar-refractivity contribution is 5.79. The Morgan fingerprint density at radius 1 is 1.06 bits per heavy atom. The Morgan fingerprint density at radius 2 is 1.81 bits per heavy atom. The molecule has 0 unspecified atom stereocenters. The summed E-state index contributed by atoms with van der Waals surface area (Å²) in [6.07, 6.45) is 5.30. The third-order valence-corrected chi connectivity index (χ3v) is 5.75. The molecule has 0 aliphatic carbocycles. The fraction of sp³-hybridized carbons (Fsp3) is 0.500. The van der Waals surface area contributed by atoms with E-state index in [1.54, 1.807) is 21.3 Å². The van der Waals surface area contributed by atoms with Crippen LogP contribution in [-0.2, 0) is 13.0 Å². The summed E-state index contributed by atoms with van der Waals surface area (Å²) in [6.45, 7) is 5.97. The molecule has 0 radical (unpaired) electrons. The van der Waals surface area contributed by atoms with Crippen molar-refractivity contribution >= 4 is 11.8 Å². The number of ether oxygens (including phenoxy) is 2. The lowest BCUT2D eigenvalue weighted by atomic mass is 9.99. The van der Waals surface area contributed by atoms with Crippen molar-refractivity contribution in [2.24, 2.45) is 10.9 Å². The zero-order valence-corrected chi connectivity index (χ0v) is 19.1. The van der Waals surface area contributed by atoms with Gasteiger partial charge in [0.05, 0.1) is 14.2 Å².